The van der Waals surface area contributed by atoms with Gasteiger partial charge in [-0.25, -0.2) is 4.98 Å². The van der Waals surface area contributed by atoms with E-state index in [1.807, 2.05) is 0 Å². The monoisotopic (exact) mass is 275 g/mol. The van der Waals surface area contributed by atoms with Crippen LogP contribution in [0.25, 0.3) is 11.0 Å². The molecule has 1 fully saturated rings. The highest BCUT2D eigenvalue weighted by Gasteiger charge is 2.19. The number of piperidine rings is 1. The second-order valence-electron chi connectivity index (χ2n) is 5.26. The average Bonchev–Trinajstić information content (AvgIpc) is 2.79. The number of fused-ring (bicyclic) bond motifs is 1. The summed E-state index contributed by atoms with van der Waals surface area (Å²) >= 11 is 0. The van der Waals surface area contributed by atoms with Gasteiger partial charge >= 0.3 is 0 Å². The molecule has 1 aliphatic rings. The summed E-state index contributed by atoms with van der Waals surface area (Å²) in [4.78, 5) is 17.9. The number of nitrogens with zero attached hydrogens (tertiary/aromatic N) is 2. The number of H-pyrrole nitrogens is 1. The summed E-state index contributed by atoms with van der Waals surface area (Å²) in [6.07, 6.45) is 2.08. The molecule has 7 nitrogen and oxygen atoms in total. The average molecular weight is 275 g/mol. The van der Waals surface area contributed by atoms with Crippen molar-refractivity contribution in [3.63, 3.8) is 0 Å². The first-order valence-electron chi connectivity index (χ1n) is 6.76. The highest BCUT2D eigenvalue weighted by Crippen LogP contribution is 2.21. The molecule has 1 aromatic heterocycles. The van der Waals surface area contributed by atoms with Gasteiger partial charge in [0.15, 0.2) is 0 Å². The third-order valence-electron chi connectivity index (χ3n) is 3.64. The van der Waals surface area contributed by atoms with Gasteiger partial charge in [0.1, 0.15) is 0 Å². The molecule has 2 atom stereocenters. The summed E-state index contributed by atoms with van der Waals surface area (Å²) in [7, 11) is 0. The third kappa shape index (κ3) is 2.57. The van der Waals surface area contributed by atoms with Crippen molar-refractivity contribution in [1.82, 2.24) is 15.3 Å². The van der Waals surface area contributed by atoms with Crippen molar-refractivity contribution in [3.8, 4) is 0 Å². The highest BCUT2D eigenvalue weighted by molar-refractivity contribution is 5.79. The molecule has 0 bridgehead atoms. The normalized spacial score (nSPS) is 22.9. The molecule has 20 heavy (non-hydrogen) atoms. The Morgan fingerprint density at radius 2 is 2.35 bits per heavy atom. The number of hydrogen-bond donors (Lipinski definition) is 3. The van der Waals surface area contributed by atoms with Gasteiger partial charge in [-0.2, -0.15) is 0 Å². The topological polar surface area (TPSA) is 95.9 Å². The molecular weight excluding hydrogens is 258 g/mol. The van der Waals surface area contributed by atoms with Crippen LogP contribution in [0.15, 0.2) is 18.2 Å². The first-order valence-corrected chi connectivity index (χ1v) is 6.76. The van der Waals surface area contributed by atoms with E-state index in [-0.39, 0.29) is 5.69 Å². The third-order valence-corrected chi connectivity index (χ3v) is 3.64. The molecule has 0 amide bonds. The Morgan fingerprint density at radius 1 is 1.50 bits per heavy atom. The van der Waals surface area contributed by atoms with Gasteiger partial charge in [-0.1, -0.05) is 0 Å². The van der Waals surface area contributed by atoms with Crippen LogP contribution in [0.4, 0.5) is 11.6 Å². The molecule has 2 heterocycles. The Kier molecular flexibility index (Phi) is 3.27. The maximum Gasteiger partial charge on any atom is 0.271 e. The zero-order valence-corrected chi connectivity index (χ0v) is 11.2. The first kappa shape index (κ1) is 12.9. The number of benzene rings is 1. The molecule has 106 valence electrons. The number of aromatic amines is 1. The van der Waals surface area contributed by atoms with Crippen molar-refractivity contribution in [2.45, 2.75) is 31.8 Å². The minimum Gasteiger partial charge on any atom is -0.353 e. The maximum absolute atomic E-state index is 10.8. The molecule has 3 N–H and O–H groups in total. The Bertz CT molecular complexity index is 639. The predicted octanol–water partition coefficient (Wildman–Crippen LogP) is 2.02. The van der Waals surface area contributed by atoms with Crippen LogP contribution in [0, 0.1) is 10.1 Å². The van der Waals surface area contributed by atoms with Gasteiger partial charge in [0.2, 0.25) is 5.95 Å². The smallest absolute Gasteiger partial charge is 0.271 e. The highest BCUT2D eigenvalue weighted by atomic mass is 16.6. The van der Waals surface area contributed by atoms with Crippen LogP contribution in [-0.4, -0.2) is 33.5 Å². The number of imidazole rings is 1. The molecule has 2 aromatic rings. The molecular formula is C13H17N5O2. The minimum absolute atomic E-state index is 0.0724. The maximum atomic E-state index is 10.8. The fourth-order valence-electron chi connectivity index (χ4n) is 2.64. The number of anilines is 1. The van der Waals surface area contributed by atoms with Crippen molar-refractivity contribution >= 4 is 22.7 Å². The first-order chi connectivity index (χ1) is 9.61. The summed E-state index contributed by atoms with van der Waals surface area (Å²) in [5, 5.41) is 17.5. The lowest BCUT2D eigenvalue weighted by Gasteiger charge is -2.28. The SMILES string of the molecule is CC1CC(Nc2nc3ccc([N+](=O)[O-])cc3[nH]2)CCN1. The van der Waals surface area contributed by atoms with Crippen LogP contribution < -0.4 is 10.6 Å². The second-order valence-corrected chi connectivity index (χ2v) is 5.26. The summed E-state index contributed by atoms with van der Waals surface area (Å²) < 4.78 is 0. The van der Waals surface area contributed by atoms with Gasteiger partial charge in [0.25, 0.3) is 5.69 Å². The number of nitrogens with one attached hydrogen (secondary N) is 3. The number of nitro benzene ring substituents is 1. The zero-order valence-electron chi connectivity index (χ0n) is 11.2. The van der Waals surface area contributed by atoms with E-state index in [1.54, 1.807) is 6.07 Å². The van der Waals surface area contributed by atoms with Crippen LogP contribution in [-0.2, 0) is 0 Å². The molecule has 0 radical (unpaired) electrons. The van der Waals surface area contributed by atoms with E-state index in [0.717, 1.165) is 24.9 Å². The van der Waals surface area contributed by atoms with E-state index in [1.165, 1.54) is 12.1 Å². The molecule has 0 saturated carbocycles. The zero-order chi connectivity index (χ0) is 14.1. The number of hydrogen-bond acceptors (Lipinski definition) is 5. The van der Waals surface area contributed by atoms with Gasteiger partial charge in [-0.05, 0) is 32.4 Å². The lowest BCUT2D eigenvalue weighted by Crippen LogP contribution is -2.41. The quantitative estimate of drug-likeness (QED) is 0.588. The summed E-state index contributed by atoms with van der Waals surface area (Å²) in [6.45, 7) is 3.15. The molecule has 1 saturated heterocycles. The van der Waals surface area contributed by atoms with Crippen LogP contribution in [0.5, 0.6) is 0 Å². The van der Waals surface area contributed by atoms with E-state index >= 15 is 0 Å². The van der Waals surface area contributed by atoms with Gasteiger partial charge in [-0.15, -0.1) is 0 Å². The van der Waals surface area contributed by atoms with E-state index in [0.29, 0.717) is 23.5 Å². The number of nitro groups is 1. The van der Waals surface area contributed by atoms with E-state index < -0.39 is 4.92 Å². The van der Waals surface area contributed by atoms with Crippen LogP contribution in [0.1, 0.15) is 19.8 Å². The Balaban J connectivity index is 1.80. The minimum atomic E-state index is -0.401. The predicted molar refractivity (Wildman–Crippen MR) is 76.9 cm³/mol. The van der Waals surface area contributed by atoms with Crippen molar-refractivity contribution in [3.05, 3.63) is 28.3 Å². The van der Waals surface area contributed by atoms with Gasteiger partial charge in [0.05, 0.1) is 16.0 Å². The van der Waals surface area contributed by atoms with E-state index in [9.17, 15) is 10.1 Å². The molecule has 2 unspecified atom stereocenters. The lowest BCUT2D eigenvalue weighted by atomic mass is 10.0. The molecule has 0 aliphatic carbocycles. The lowest BCUT2D eigenvalue weighted by molar-refractivity contribution is -0.384. The Labute approximate surface area is 115 Å². The number of non-ortho nitro benzene ring substituents is 1. The van der Waals surface area contributed by atoms with Crippen LogP contribution >= 0.6 is 0 Å². The molecule has 3 rings (SSSR count). The van der Waals surface area contributed by atoms with Crippen LogP contribution in [0.3, 0.4) is 0 Å². The Morgan fingerprint density at radius 3 is 3.10 bits per heavy atom. The summed E-state index contributed by atoms with van der Waals surface area (Å²) in [5.74, 6) is 0.680. The standard InChI is InChI=1S/C13H17N5O2/c1-8-6-9(4-5-14-8)15-13-16-11-3-2-10(18(19)20)7-12(11)17-13/h2-3,7-9,14H,4-6H2,1H3,(H2,15,16,17). The Hall–Kier alpha value is -2.15. The molecule has 1 aromatic carbocycles. The van der Waals surface area contributed by atoms with Crippen molar-refractivity contribution in [2.75, 3.05) is 11.9 Å². The van der Waals surface area contributed by atoms with E-state index in [4.69, 9.17) is 0 Å². The molecule has 0 spiro atoms. The van der Waals surface area contributed by atoms with Crippen molar-refractivity contribution in [2.24, 2.45) is 0 Å². The summed E-state index contributed by atoms with van der Waals surface area (Å²) in [6, 6.07) is 5.52. The largest absolute Gasteiger partial charge is 0.353 e. The number of rotatable bonds is 3. The van der Waals surface area contributed by atoms with Crippen molar-refractivity contribution < 1.29 is 4.92 Å². The van der Waals surface area contributed by atoms with E-state index in [2.05, 4.69) is 27.5 Å². The van der Waals surface area contributed by atoms with Gasteiger partial charge in [-0.3, -0.25) is 10.1 Å². The van der Waals surface area contributed by atoms with Gasteiger partial charge < -0.3 is 15.6 Å². The fraction of sp³-hybridized carbons (Fsp3) is 0.462. The second kappa shape index (κ2) is 5.09. The van der Waals surface area contributed by atoms with Gasteiger partial charge in [0, 0.05) is 24.2 Å². The van der Waals surface area contributed by atoms with Crippen LogP contribution in [0.2, 0.25) is 0 Å². The molecule has 7 heteroatoms. The van der Waals surface area contributed by atoms with Crippen molar-refractivity contribution in [1.29, 1.82) is 0 Å². The number of aromatic nitrogens is 2. The molecule has 1 aliphatic heterocycles. The summed E-state index contributed by atoms with van der Waals surface area (Å²) in [5.41, 5.74) is 1.49. The fourth-order valence-corrected chi connectivity index (χ4v) is 2.64.